The van der Waals surface area contributed by atoms with E-state index in [1.165, 1.54) is 0 Å². The van der Waals surface area contributed by atoms with Gasteiger partial charge in [0.15, 0.2) is 0 Å². The summed E-state index contributed by atoms with van der Waals surface area (Å²) in [5, 5.41) is 9.67. The lowest BCUT2D eigenvalue weighted by molar-refractivity contribution is -0.146. The molecule has 3 heterocycles. The maximum absolute atomic E-state index is 13.4. The van der Waals surface area contributed by atoms with E-state index in [0.29, 0.717) is 6.42 Å². The quantitative estimate of drug-likeness (QED) is 0.857. The lowest BCUT2D eigenvalue weighted by atomic mass is 9.74. The van der Waals surface area contributed by atoms with Crippen LogP contribution in [-0.4, -0.2) is 34.7 Å². The van der Waals surface area contributed by atoms with Crippen molar-refractivity contribution in [3.05, 3.63) is 54.1 Å². The Morgan fingerprint density at radius 3 is 2.76 bits per heavy atom. The Balaban J connectivity index is 1.87. The normalized spacial score (nSPS) is 35.3. The molecule has 0 aromatic heterocycles. The number of carboxylic acid groups (broad SMARTS) is 1. The minimum atomic E-state index is -0.977. The second-order valence-corrected chi connectivity index (χ2v) is 7.31. The number of anilines is 1. The van der Waals surface area contributed by atoms with Gasteiger partial charge in [0, 0.05) is 5.69 Å². The molecule has 130 valence electrons. The molecule has 2 fully saturated rings. The van der Waals surface area contributed by atoms with E-state index < -0.39 is 29.5 Å². The summed E-state index contributed by atoms with van der Waals surface area (Å²) in [6, 6.07) is 7.39. The number of ether oxygens (including phenoxy) is 1. The van der Waals surface area contributed by atoms with Crippen LogP contribution in [0, 0.1) is 18.8 Å². The maximum Gasteiger partial charge on any atom is 0.310 e. The van der Waals surface area contributed by atoms with Gasteiger partial charge in [-0.25, -0.2) is 0 Å². The first-order valence-corrected chi connectivity index (χ1v) is 8.50. The number of nitrogens with zero attached hydrogens (tertiary/aromatic N) is 1. The topological polar surface area (TPSA) is 66.8 Å². The first-order chi connectivity index (χ1) is 11.9. The number of hydrogen-bond acceptors (Lipinski definition) is 3. The van der Waals surface area contributed by atoms with Gasteiger partial charge in [0.2, 0.25) is 5.91 Å². The predicted molar refractivity (Wildman–Crippen MR) is 93.2 cm³/mol. The molecule has 0 radical (unpaired) electrons. The number of para-hydroxylation sites is 1. The Labute approximate surface area is 146 Å². The first-order valence-electron chi connectivity index (χ1n) is 8.50. The standard InChI is InChI=1S/C20H21NO4/c1-11(2)10-15-20-9-8-14(25-20)16(19(23)24)17(20)18(22)21(15)13-7-5-4-6-12(13)3/h4-9,14-17H,1,10H2,2-3H3,(H,23,24)/t14-,15-,16+,17-,20+/m1/s1. The highest BCUT2D eigenvalue weighted by molar-refractivity contribution is 6.03. The highest BCUT2D eigenvalue weighted by Crippen LogP contribution is 2.57. The highest BCUT2D eigenvalue weighted by atomic mass is 16.5. The Hall–Kier alpha value is -2.40. The fourth-order valence-corrected chi connectivity index (χ4v) is 4.63. The molecule has 0 saturated carbocycles. The Bertz CT molecular complexity index is 814. The number of aliphatic carboxylic acids is 1. The summed E-state index contributed by atoms with van der Waals surface area (Å²) in [6.07, 6.45) is 3.75. The summed E-state index contributed by atoms with van der Waals surface area (Å²) >= 11 is 0. The fourth-order valence-electron chi connectivity index (χ4n) is 4.63. The third kappa shape index (κ3) is 2.05. The number of amides is 1. The molecule has 1 aromatic rings. The molecule has 4 rings (SSSR count). The SMILES string of the molecule is C=C(C)C[C@H]1N(c2ccccc2C)C(=O)[C@H]2[C@@H](C(=O)O)[C@H]3C=C[C@@]21O3. The molecule has 2 bridgehead atoms. The molecule has 5 atom stereocenters. The van der Waals surface area contributed by atoms with E-state index in [4.69, 9.17) is 4.74 Å². The Morgan fingerprint density at radius 2 is 2.12 bits per heavy atom. The minimum absolute atomic E-state index is 0.167. The van der Waals surface area contributed by atoms with Gasteiger partial charge in [-0.15, -0.1) is 6.58 Å². The zero-order valence-electron chi connectivity index (χ0n) is 14.3. The van der Waals surface area contributed by atoms with E-state index >= 15 is 0 Å². The van der Waals surface area contributed by atoms with Crippen molar-refractivity contribution in [1.29, 1.82) is 0 Å². The van der Waals surface area contributed by atoms with E-state index in [9.17, 15) is 14.7 Å². The fraction of sp³-hybridized carbons (Fsp3) is 0.400. The summed E-state index contributed by atoms with van der Waals surface area (Å²) in [5.74, 6) is -2.67. The van der Waals surface area contributed by atoms with Gasteiger partial charge < -0.3 is 14.7 Å². The van der Waals surface area contributed by atoms with Crippen LogP contribution in [-0.2, 0) is 14.3 Å². The third-order valence-electron chi connectivity index (χ3n) is 5.62. The molecule has 1 amide bonds. The van der Waals surface area contributed by atoms with Gasteiger partial charge in [-0.3, -0.25) is 9.59 Å². The Kier molecular flexibility index (Phi) is 3.41. The molecule has 1 N–H and O–H groups in total. The number of carbonyl (C=O) groups excluding carboxylic acids is 1. The summed E-state index contributed by atoms with van der Waals surface area (Å²) in [4.78, 5) is 26.9. The van der Waals surface area contributed by atoms with E-state index in [1.807, 2.05) is 44.2 Å². The van der Waals surface area contributed by atoms with Crippen molar-refractivity contribution in [3.8, 4) is 0 Å². The van der Waals surface area contributed by atoms with Crippen molar-refractivity contribution in [2.45, 2.75) is 38.0 Å². The van der Waals surface area contributed by atoms with Gasteiger partial charge in [0.25, 0.3) is 0 Å². The zero-order valence-corrected chi connectivity index (χ0v) is 14.3. The monoisotopic (exact) mass is 339 g/mol. The van der Waals surface area contributed by atoms with Crippen LogP contribution in [0.1, 0.15) is 18.9 Å². The van der Waals surface area contributed by atoms with Crippen LogP contribution in [0.2, 0.25) is 0 Å². The molecule has 0 unspecified atom stereocenters. The van der Waals surface area contributed by atoms with Gasteiger partial charge in [-0.2, -0.15) is 0 Å². The number of rotatable bonds is 4. The van der Waals surface area contributed by atoms with E-state index in [1.54, 1.807) is 11.0 Å². The van der Waals surface area contributed by atoms with Crippen LogP contribution in [0.5, 0.6) is 0 Å². The van der Waals surface area contributed by atoms with Crippen LogP contribution in [0.15, 0.2) is 48.6 Å². The summed E-state index contributed by atoms with van der Waals surface area (Å²) in [7, 11) is 0. The number of benzene rings is 1. The van der Waals surface area contributed by atoms with Crippen molar-refractivity contribution < 1.29 is 19.4 Å². The van der Waals surface area contributed by atoms with Gasteiger partial charge in [0.1, 0.15) is 11.5 Å². The lowest BCUT2D eigenvalue weighted by Crippen LogP contribution is -2.45. The smallest absolute Gasteiger partial charge is 0.310 e. The van der Waals surface area contributed by atoms with Crippen LogP contribution < -0.4 is 4.90 Å². The third-order valence-corrected chi connectivity index (χ3v) is 5.62. The molecule has 2 saturated heterocycles. The van der Waals surface area contributed by atoms with Crippen LogP contribution in [0.25, 0.3) is 0 Å². The minimum Gasteiger partial charge on any atom is -0.481 e. The molecule has 25 heavy (non-hydrogen) atoms. The molecule has 1 aromatic carbocycles. The summed E-state index contributed by atoms with van der Waals surface area (Å²) < 4.78 is 6.14. The van der Waals surface area contributed by atoms with Crippen molar-refractivity contribution in [2.24, 2.45) is 11.8 Å². The van der Waals surface area contributed by atoms with Gasteiger partial charge in [-0.1, -0.05) is 35.9 Å². The maximum atomic E-state index is 13.4. The number of carbonyl (C=O) groups is 2. The molecule has 3 aliphatic rings. The average molecular weight is 339 g/mol. The number of hydrogen-bond donors (Lipinski definition) is 1. The number of aryl methyl sites for hydroxylation is 1. The predicted octanol–water partition coefficient (Wildman–Crippen LogP) is 2.70. The Morgan fingerprint density at radius 1 is 1.40 bits per heavy atom. The first kappa shape index (κ1) is 16.1. The van der Waals surface area contributed by atoms with Crippen LogP contribution in [0.4, 0.5) is 5.69 Å². The molecule has 3 aliphatic heterocycles. The molecule has 5 nitrogen and oxygen atoms in total. The summed E-state index contributed by atoms with van der Waals surface area (Å²) in [5.41, 5.74) is 1.84. The van der Waals surface area contributed by atoms with Gasteiger partial charge in [0.05, 0.1) is 18.1 Å². The molecule has 1 spiro atoms. The zero-order chi connectivity index (χ0) is 17.9. The average Bonchev–Trinajstić information content (AvgIpc) is 3.18. The highest BCUT2D eigenvalue weighted by Gasteiger charge is 2.71. The van der Waals surface area contributed by atoms with E-state index in [-0.39, 0.29) is 11.9 Å². The van der Waals surface area contributed by atoms with Crippen molar-refractivity contribution in [2.75, 3.05) is 4.90 Å². The molecular formula is C20H21NO4. The van der Waals surface area contributed by atoms with Crippen LogP contribution >= 0.6 is 0 Å². The lowest BCUT2D eigenvalue weighted by Gasteiger charge is -2.34. The van der Waals surface area contributed by atoms with Crippen molar-refractivity contribution >= 4 is 17.6 Å². The second-order valence-electron chi connectivity index (χ2n) is 7.31. The second kappa shape index (κ2) is 5.30. The summed E-state index contributed by atoms with van der Waals surface area (Å²) in [6.45, 7) is 7.88. The molecular weight excluding hydrogens is 318 g/mol. The number of carboxylic acids is 1. The van der Waals surface area contributed by atoms with E-state index in [2.05, 4.69) is 6.58 Å². The molecule has 0 aliphatic carbocycles. The molecule has 5 heteroatoms. The van der Waals surface area contributed by atoms with Crippen LogP contribution in [0.3, 0.4) is 0 Å². The largest absolute Gasteiger partial charge is 0.481 e. The van der Waals surface area contributed by atoms with Gasteiger partial charge in [-0.05, 0) is 31.9 Å². The number of fused-ring (bicyclic) bond motifs is 1. The van der Waals surface area contributed by atoms with E-state index in [0.717, 1.165) is 16.8 Å². The van der Waals surface area contributed by atoms with Crippen molar-refractivity contribution in [1.82, 2.24) is 0 Å². The van der Waals surface area contributed by atoms with Crippen molar-refractivity contribution in [3.63, 3.8) is 0 Å². The van der Waals surface area contributed by atoms with Gasteiger partial charge >= 0.3 is 5.97 Å².